The molecule has 0 radical (unpaired) electrons. The second kappa shape index (κ2) is 5.61. The second-order valence-corrected chi connectivity index (χ2v) is 5.83. The molecule has 0 bridgehead atoms. The van der Waals surface area contributed by atoms with Gasteiger partial charge in [-0.25, -0.2) is 0 Å². The summed E-state index contributed by atoms with van der Waals surface area (Å²) in [5.74, 6) is 0.458. The van der Waals surface area contributed by atoms with Gasteiger partial charge in [0.05, 0.1) is 23.3 Å². The van der Waals surface area contributed by atoms with Crippen LogP contribution in [-0.2, 0) is 0 Å². The zero-order chi connectivity index (χ0) is 14.9. The highest BCUT2D eigenvalue weighted by Gasteiger charge is 2.35. The number of non-ortho nitro benzene ring substituents is 1. The minimum Gasteiger partial charge on any atom is -0.355 e. The number of aliphatic imine (C=N–C) groups is 1. The molecule has 1 heterocycles. The van der Waals surface area contributed by atoms with E-state index in [1.165, 1.54) is 0 Å². The summed E-state index contributed by atoms with van der Waals surface area (Å²) in [6.07, 6.45) is 1.92. The van der Waals surface area contributed by atoms with Crippen LogP contribution in [0.4, 0.5) is 5.69 Å². The minimum absolute atomic E-state index is 0.0539. The van der Waals surface area contributed by atoms with Gasteiger partial charge in [-0.3, -0.25) is 15.1 Å². The Bertz CT molecular complexity index is 508. The summed E-state index contributed by atoms with van der Waals surface area (Å²) >= 11 is 0. The highest BCUT2D eigenvalue weighted by molar-refractivity contribution is 5.60. The molecule has 5 nitrogen and oxygen atoms in total. The minimum atomic E-state index is -0.373. The molecule has 1 aromatic rings. The standard InChI is InChI=1S/C15H21N3O2/c1-10(2)15-14(16-9-17(15)11(3)4)12-5-7-13(8-6-12)18(19)20/h5-11,14-15H,1-4H3/t14-,15-/m0/s1. The van der Waals surface area contributed by atoms with E-state index >= 15 is 0 Å². The monoisotopic (exact) mass is 275 g/mol. The average molecular weight is 275 g/mol. The third-order valence-corrected chi connectivity index (χ3v) is 3.75. The highest BCUT2D eigenvalue weighted by Crippen LogP contribution is 2.35. The van der Waals surface area contributed by atoms with Crippen molar-refractivity contribution >= 4 is 12.0 Å². The summed E-state index contributed by atoms with van der Waals surface area (Å²) in [5.41, 5.74) is 1.16. The summed E-state index contributed by atoms with van der Waals surface area (Å²) in [5, 5.41) is 10.7. The molecule has 2 atom stereocenters. The van der Waals surface area contributed by atoms with Gasteiger partial charge in [0, 0.05) is 18.2 Å². The normalized spacial score (nSPS) is 22.0. The summed E-state index contributed by atoms with van der Waals surface area (Å²) in [6, 6.07) is 7.50. The van der Waals surface area contributed by atoms with Crippen LogP contribution in [0.1, 0.15) is 39.3 Å². The lowest BCUT2D eigenvalue weighted by atomic mass is 9.91. The van der Waals surface area contributed by atoms with Crippen LogP contribution in [0.15, 0.2) is 29.3 Å². The molecule has 1 aliphatic heterocycles. The van der Waals surface area contributed by atoms with E-state index in [1.807, 2.05) is 18.5 Å². The van der Waals surface area contributed by atoms with Gasteiger partial charge in [0.25, 0.3) is 5.69 Å². The van der Waals surface area contributed by atoms with E-state index in [9.17, 15) is 10.1 Å². The number of benzene rings is 1. The number of nitrogens with zero attached hydrogens (tertiary/aromatic N) is 3. The van der Waals surface area contributed by atoms with Crippen molar-refractivity contribution in [1.82, 2.24) is 4.90 Å². The van der Waals surface area contributed by atoms with E-state index in [0.717, 1.165) is 5.56 Å². The quantitative estimate of drug-likeness (QED) is 0.625. The van der Waals surface area contributed by atoms with Crippen LogP contribution in [-0.4, -0.2) is 28.2 Å². The Morgan fingerprint density at radius 3 is 2.25 bits per heavy atom. The van der Waals surface area contributed by atoms with Crippen LogP contribution < -0.4 is 0 Å². The molecule has 0 unspecified atom stereocenters. The van der Waals surface area contributed by atoms with Crippen molar-refractivity contribution in [3.63, 3.8) is 0 Å². The number of nitro benzene ring substituents is 1. The molecule has 20 heavy (non-hydrogen) atoms. The number of hydrogen-bond donors (Lipinski definition) is 0. The van der Waals surface area contributed by atoms with Crippen molar-refractivity contribution in [2.75, 3.05) is 0 Å². The molecule has 1 aromatic carbocycles. The summed E-state index contributed by atoms with van der Waals surface area (Å²) in [4.78, 5) is 17.2. The van der Waals surface area contributed by atoms with E-state index in [1.54, 1.807) is 12.1 Å². The Hall–Kier alpha value is -1.91. The van der Waals surface area contributed by atoms with Crippen molar-refractivity contribution in [2.45, 2.75) is 45.8 Å². The summed E-state index contributed by atoms with van der Waals surface area (Å²) < 4.78 is 0. The first-order valence-electron chi connectivity index (χ1n) is 6.97. The fourth-order valence-corrected chi connectivity index (χ4v) is 2.74. The molecule has 5 heteroatoms. The van der Waals surface area contributed by atoms with Gasteiger partial charge < -0.3 is 4.90 Å². The van der Waals surface area contributed by atoms with E-state index in [4.69, 9.17) is 0 Å². The molecule has 0 fully saturated rings. The first kappa shape index (κ1) is 14.5. The molecule has 108 valence electrons. The van der Waals surface area contributed by atoms with Gasteiger partial charge in [0.15, 0.2) is 0 Å². The van der Waals surface area contributed by atoms with Gasteiger partial charge >= 0.3 is 0 Å². The molecule has 1 aliphatic rings. The Kier molecular flexibility index (Phi) is 4.06. The maximum absolute atomic E-state index is 10.7. The van der Waals surface area contributed by atoms with E-state index in [-0.39, 0.29) is 16.7 Å². The maximum Gasteiger partial charge on any atom is 0.269 e. The van der Waals surface area contributed by atoms with Gasteiger partial charge in [-0.15, -0.1) is 0 Å². The predicted molar refractivity (Wildman–Crippen MR) is 79.9 cm³/mol. The molecular weight excluding hydrogens is 254 g/mol. The van der Waals surface area contributed by atoms with E-state index < -0.39 is 0 Å². The van der Waals surface area contributed by atoms with Crippen molar-refractivity contribution < 1.29 is 4.92 Å². The van der Waals surface area contributed by atoms with Crippen molar-refractivity contribution in [3.05, 3.63) is 39.9 Å². The predicted octanol–water partition coefficient (Wildman–Crippen LogP) is 3.41. The lowest BCUT2D eigenvalue weighted by Gasteiger charge is -2.34. The third-order valence-electron chi connectivity index (χ3n) is 3.75. The zero-order valence-corrected chi connectivity index (χ0v) is 12.4. The first-order chi connectivity index (χ1) is 9.41. The zero-order valence-electron chi connectivity index (χ0n) is 12.4. The number of nitro groups is 1. The van der Waals surface area contributed by atoms with Crippen LogP contribution in [0.2, 0.25) is 0 Å². The number of rotatable bonds is 4. The van der Waals surface area contributed by atoms with Crippen molar-refractivity contribution in [3.8, 4) is 0 Å². The largest absolute Gasteiger partial charge is 0.355 e. The fraction of sp³-hybridized carbons (Fsp3) is 0.533. The SMILES string of the molecule is CC(C)[C@H]1[C@H](c2ccc([N+](=O)[O-])cc2)N=CN1C(C)C. The lowest BCUT2D eigenvalue weighted by Crippen LogP contribution is -2.41. The van der Waals surface area contributed by atoms with Gasteiger partial charge in [-0.2, -0.15) is 0 Å². The molecule has 0 amide bonds. The van der Waals surface area contributed by atoms with Gasteiger partial charge in [-0.1, -0.05) is 13.8 Å². The van der Waals surface area contributed by atoms with Crippen molar-refractivity contribution in [1.29, 1.82) is 0 Å². The molecule has 0 aliphatic carbocycles. The maximum atomic E-state index is 10.7. The fourth-order valence-electron chi connectivity index (χ4n) is 2.74. The smallest absolute Gasteiger partial charge is 0.269 e. The Balaban J connectivity index is 2.27. The second-order valence-electron chi connectivity index (χ2n) is 5.83. The highest BCUT2D eigenvalue weighted by atomic mass is 16.6. The van der Waals surface area contributed by atoms with Gasteiger partial charge in [0.1, 0.15) is 0 Å². The van der Waals surface area contributed by atoms with Crippen molar-refractivity contribution in [2.24, 2.45) is 10.9 Å². The molecule has 0 N–H and O–H groups in total. The van der Waals surface area contributed by atoms with Crippen LogP contribution >= 0.6 is 0 Å². The number of hydrogen-bond acceptors (Lipinski definition) is 4. The molecule has 0 saturated heterocycles. The van der Waals surface area contributed by atoms with Crippen LogP contribution in [0.25, 0.3) is 0 Å². The molecular formula is C15H21N3O2. The Morgan fingerprint density at radius 1 is 1.20 bits per heavy atom. The molecule has 0 saturated carbocycles. The Morgan fingerprint density at radius 2 is 1.80 bits per heavy atom. The van der Waals surface area contributed by atoms with Crippen LogP contribution in [0, 0.1) is 16.0 Å². The Labute approximate surface area is 119 Å². The molecule has 2 rings (SSSR count). The van der Waals surface area contributed by atoms with Gasteiger partial charge in [-0.05, 0) is 37.5 Å². The lowest BCUT2D eigenvalue weighted by molar-refractivity contribution is -0.384. The topological polar surface area (TPSA) is 58.7 Å². The van der Waals surface area contributed by atoms with Crippen LogP contribution in [0.5, 0.6) is 0 Å². The first-order valence-corrected chi connectivity index (χ1v) is 6.97. The summed E-state index contributed by atoms with van der Waals surface area (Å²) in [7, 11) is 0. The molecule has 0 spiro atoms. The van der Waals surface area contributed by atoms with Gasteiger partial charge in [0.2, 0.25) is 0 Å². The van der Waals surface area contributed by atoms with Crippen LogP contribution in [0.3, 0.4) is 0 Å². The van der Waals surface area contributed by atoms with E-state index in [0.29, 0.717) is 18.0 Å². The average Bonchev–Trinajstić information content (AvgIpc) is 2.83. The third kappa shape index (κ3) is 2.66. The molecule has 0 aromatic heterocycles. The van der Waals surface area contributed by atoms with E-state index in [2.05, 4.69) is 37.6 Å². The summed E-state index contributed by atoms with van der Waals surface area (Å²) in [6.45, 7) is 8.68.